The van der Waals surface area contributed by atoms with E-state index in [9.17, 15) is 9.59 Å². The fraction of sp³-hybridized carbons (Fsp3) is 0.571. The van der Waals surface area contributed by atoms with Gasteiger partial charge >= 0.3 is 0 Å². The van der Waals surface area contributed by atoms with Crippen LogP contribution in [0.1, 0.15) is 46.5 Å². The Hall–Kier alpha value is -1.38. The van der Waals surface area contributed by atoms with Crippen LogP contribution in [0.4, 0.5) is 0 Å². The van der Waals surface area contributed by atoms with Crippen molar-refractivity contribution in [3.05, 3.63) is 23.3 Å². The summed E-state index contributed by atoms with van der Waals surface area (Å²) in [6, 6.07) is 0. The molecule has 1 aliphatic rings. The van der Waals surface area contributed by atoms with E-state index in [1.54, 1.807) is 0 Å². The lowest BCUT2D eigenvalue weighted by Crippen LogP contribution is -2.29. The van der Waals surface area contributed by atoms with E-state index in [2.05, 4.69) is 19.9 Å². The van der Waals surface area contributed by atoms with Crippen LogP contribution in [0.25, 0.3) is 0 Å². The van der Waals surface area contributed by atoms with E-state index in [1.807, 2.05) is 13.0 Å². The van der Waals surface area contributed by atoms with Crippen LogP contribution >= 0.6 is 0 Å². The Kier molecular flexibility index (Phi) is 5.13. The van der Waals surface area contributed by atoms with Crippen molar-refractivity contribution in [2.45, 2.75) is 46.5 Å². The Balaban J connectivity index is 2.39. The van der Waals surface area contributed by atoms with Crippen molar-refractivity contribution < 1.29 is 9.59 Å². The van der Waals surface area contributed by atoms with E-state index in [1.165, 1.54) is 16.0 Å². The molecule has 1 aliphatic heterocycles. The second-order valence-electron chi connectivity index (χ2n) is 4.77. The average molecular weight is 235 g/mol. The lowest BCUT2D eigenvalue weighted by molar-refractivity contribution is -0.137. The molecule has 2 amide bonds. The van der Waals surface area contributed by atoms with Crippen LogP contribution in [-0.4, -0.2) is 23.3 Å². The zero-order chi connectivity index (χ0) is 12.8. The van der Waals surface area contributed by atoms with Crippen LogP contribution in [-0.2, 0) is 9.59 Å². The zero-order valence-electron chi connectivity index (χ0n) is 11.0. The molecule has 0 aliphatic carbocycles. The Morgan fingerprint density at radius 3 is 2.24 bits per heavy atom. The molecule has 0 aromatic heterocycles. The summed E-state index contributed by atoms with van der Waals surface area (Å²) in [6.45, 7) is 6.66. The summed E-state index contributed by atoms with van der Waals surface area (Å²) < 4.78 is 0. The van der Waals surface area contributed by atoms with Crippen LogP contribution in [0.5, 0.6) is 0 Å². The molecule has 0 saturated carbocycles. The quantitative estimate of drug-likeness (QED) is 0.543. The largest absolute Gasteiger partial charge is 0.279 e. The van der Waals surface area contributed by atoms with E-state index in [-0.39, 0.29) is 11.8 Å². The lowest BCUT2D eigenvalue weighted by atomic mass is 10.1. The monoisotopic (exact) mass is 235 g/mol. The molecule has 0 aromatic carbocycles. The first kappa shape index (κ1) is 13.7. The molecule has 0 atom stereocenters. The van der Waals surface area contributed by atoms with Gasteiger partial charge in [0.05, 0.1) is 0 Å². The number of carbonyl (C=O) groups excluding carboxylic acids is 2. The molecule has 0 aromatic rings. The molecule has 94 valence electrons. The smallest absolute Gasteiger partial charge is 0.229 e. The topological polar surface area (TPSA) is 37.4 Å². The summed E-state index contributed by atoms with van der Waals surface area (Å²) in [7, 11) is 0. The number of hydrogen-bond donors (Lipinski definition) is 0. The number of allylic oxidation sites excluding steroid dienone is 3. The fourth-order valence-corrected chi connectivity index (χ4v) is 1.76. The van der Waals surface area contributed by atoms with Crippen molar-refractivity contribution in [2.24, 2.45) is 0 Å². The van der Waals surface area contributed by atoms with Crippen LogP contribution < -0.4 is 0 Å². The first-order chi connectivity index (χ1) is 8.00. The predicted molar refractivity (Wildman–Crippen MR) is 68.4 cm³/mol. The molecule has 3 nitrogen and oxygen atoms in total. The molecule has 1 heterocycles. The highest BCUT2D eigenvalue weighted by atomic mass is 16.2. The molecule has 3 heteroatoms. The summed E-state index contributed by atoms with van der Waals surface area (Å²) in [5.74, 6) is -0.0771. The van der Waals surface area contributed by atoms with E-state index in [4.69, 9.17) is 0 Å². The summed E-state index contributed by atoms with van der Waals surface area (Å²) in [6.07, 6.45) is 6.95. The van der Waals surface area contributed by atoms with Gasteiger partial charge in [0.15, 0.2) is 0 Å². The number of imide groups is 1. The standard InChI is InChI=1S/C14H21NO2/c1-11(2)5-4-6-12(3)9-10-15-13(16)7-8-14(15)17/h5,9H,4,6-8,10H2,1-3H3. The lowest BCUT2D eigenvalue weighted by Gasteiger charge is -2.11. The van der Waals surface area contributed by atoms with Crippen molar-refractivity contribution >= 4 is 11.8 Å². The van der Waals surface area contributed by atoms with Gasteiger partial charge in [0.2, 0.25) is 11.8 Å². The van der Waals surface area contributed by atoms with Gasteiger partial charge < -0.3 is 0 Å². The second kappa shape index (κ2) is 6.38. The third-order valence-corrected chi connectivity index (χ3v) is 2.87. The summed E-state index contributed by atoms with van der Waals surface area (Å²) in [4.78, 5) is 24.1. The number of rotatable bonds is 5. The molecule has 0 bridgehead atoms. The molecular formula is C14H21NO2. The minimum absolute atomic E-state index is 0.0386. The Bertz CT molecular complexity index is 346. The van der Waals surface area contributed by atoms with Gasteiger partial charge in [-0.3, -0.25) is 14.5 Å². The summed E-state index contributed by atoms with van der Waals surface area (Å²) in [5, 5.41) is 0. The summed E-state index contributed by atoms with van der Waals surface area (Å²) >= 11 is 0. The van der Waals surface area contributed by atoms with Crippen LogP contribution in [0.15, 0.2) is 23.3 Å². The molecule has 0 N–H and O–H groups in total. The molecule has 17 heavy (non-hydrogen) atoms. The van der Waals surface area contributed by atoms with Crippen molar-refractivity contribution in [1.29, 1.82) is 0 Å². The van der Waals surface area contributed by atoms with Gasteiger partial charge in [-0.05, 0) is 33.6 Å². The number of amides is 2. The molecule has 0 unspecified atom stereocenters. The highest BCUT2D eigenvalue weighted by Gasteiger charge is 2.27. The number of carbonyl (C=O) groups is 2. The van der Waals surface area contributed by atoms with E-state index in [0.29, 0.717) is 19.4 Å². The number of likely N-dealkylation sites (tertiary alicyclic amines) is 1. The zero-order valence-corrected chi connectivity index (χ0v) is 11.0. The number of hydrogen-bond acceptors (Lipinski definition) is 2. The van der Waals surface area contributed by atoms with Gasteiger partial charge in [-0.25, -0.2) is 0 Å². The molecule has 1 rings (SSSR count). The van der Waals surface area contributed by atoms with E-state index >= 15 is 0 Å². The van der Waals surface area contributed by atoms with Gasteiger partial charge in [0, 0.05) is 19.4 Å². The minimum Gasteiger partial charge on any atom is -0.279 e. The van der Waals surface area contributed by atoms with Crippen molar-refractivity contribution in [1.82, 2.24) is 4.90 Å². The second-order valence-corrected chi connectivity index (χ2v) is 4.77. The molecular weight excluding hydrogens is 214 g/mol. The highest BCUT2D eigenvalue weighted by molar-refractivity contribution is 6.02. The highest BCUT2D eigenvalue weighted by Crippen LogP contribution is 2.13. The number of nitrogens with zero attached hydrogens (tertiary/aromatic N) is 1. The Morgan fingerprint density at radius 2 is 1.71 bits per heavy atom. The maximum absolute atomic E-state index is 11.4. The van der Waals surface area contributed by atoms with Gasteiger partial charge in [-0.2, -0.15) is 0 Å². The SMILES string of the molecule is CC(C)=CCCC(C)=CCN1C(=O)CCC1=O. The maximum atomic E-state index is 11.4. The molecule has 0 spiro atoms. The van der Waals surface area contributed by atoms with E-state index in [0.717, 1.165) is 12.8 Å². The average Bonchev–Trinajstić information content (AvgIpc) is 2.55. The van der Waals surface area contributed by atoms with E-state index < -0.39 is 0 Å². The van der Waals surface area contributed by atoms with Crippen molar-refractivity contribution in [3.8, 4) is 0 Å². The van der Waals surface area contributed by atoms with Crippen molar-refractivity contribution in [2.75, 3.05) is 6.54 Å². The Morgan fingerprint density at radius 1 is 1.12 bits per heavy atom. The predicted octanol–water partition coefficient (Wildman–Crippen LogP) is 2.83. The first-order valence-electron chi connectivity index (χ1n) is 6.13. The van der Waals surface area contributed by atoms with Gasteiger partial charge in [0.1, 0.15) is 0 Å². The molecule has 0 radical (unpaired) electrons. The van der Waals surface area contributed by atoms with Gasteiger partial charge in [-0.1, -0.05) is 23.3 Å². The van der Waals surface area contributed by atoms with Crippen LogP contribution in [0.2, 0.25) is 0 Å². The maximum Gasteiger partial charge on any atom is 0.229 e. The summed E-state index contributed by atoms with van der Waals surface area (Å²) in [5.41, 5.74) is 2.55. The van der Waals surface area contributed by atoms with Crippen LogP contribution in [0.3, 0.4) is 0 Å². The fourth-order valence-electron chi connectivity index (χ4n) is 1.76. The van der Waals surface area contributed by atoms with Crippen molar-refractivity contribution in [3.63, 3.8) is 0 Å². The Labute approximate surface area is 103 Å². The normalized spacial score (nSPS) is 16.6. The first-order valence-corrected chi connectivity index (χ1v) is 6.13. The third kappa shape index (κ3) is 4.55. The molecule has 1 fully saturated rings. The third-order valence-electron chi connectivity index (χ3n) is 2.87. The van der Waals surface area contributed by atoms with Crippen LogP contribution in [0, 0.1) is 0 Å². The minimum atomic E-state index is -0.0386. The molecule has 1 saturated heterocycles. The van der Waals surface area contributed by atoms with Gasteiger partial charge in [-0.15, -0.1) is 0 Å². The van der Waals surface area contributed by atoms with Gasteiger partial charge in [0.25, 0.3) is 0 Å².